The first-order chi connectivity index (χ1) is 16.2. The first kappa shape index (κ1) is 23.9. The number of rotatable bonds is 6. The Hall–Kier alpha value is -3.24. The minimum Gasteiger partial charge on any atom is -0.462 e. The molecule has 1 aromatic heterocycles. The number of halogens is 2. The Morgan fingerprint density at radius 2 is 1.88 bits per heavy atom. The van der Waals surface area contributed by atoms with Crippen molar-refractivity contribution in [1.82, 2.24) is 4.98 Å². The van der Waals surface area contributed by atoms with Crippen LogP contribution in [0.4, 0.5) is 9.52 Å². The van der Waals surface area contributed by atoms with Crippen molar-refractivity contribution in [2.24, 2.45) is 5.92 Å². The van der Waals surface area contributed by atoms with Crippen molar-refractivity contribution in [2.75, 3.05) is 11.5 Å². The topological polar surface area (TPSA) is 93.6 Å². The first-order valence-electron chi connectivity index (χ1n) is 10.3. The number of aryl methyl sites for hydroxylation is 1. The van der Waals surface area contributed by atoms with Crippen molar-refractivity contribution in [3.8, 4) is 0 Å². The summed E-state index contributed by atoms with van der Waals surface area (Å²) in [5.74, 6) is -4.90. The van der Waals surface area contributed by atoms with Crippen LogP contribution in [0.15, 0.2) is 53.0 Å². The monoisotopic (exact) mass is 544 g/mol. The smallest absolute Gasteiger partial charge is 0.350 e. The number of hydrogen-bond acceptors (Lipinski definition) is 7. The Morgan fingerprint density at radius 1 is 1.18 bits per heavy atom. The maximum absolute atomic E-state index is 13.4. The number of esters is 1. The maximum Gasteiger partial charge on any atom is 0.350 e. The maximum atomic E-state index is 13.4. The van der Waals surface area contributed by atoms with Crippen LogP contribution in [0.3, 0.4) is 0 Å². The fourth-order valence-corrected chi connectivity index (χ4v) is 5.25. The molecule has 0 radical (unpaired) electrons. The van der Waals surface area contributed by atoms with Gasteiger partial charge < -0.3 is 4.74 Å². The van der Waals surface area contributed by atoms with Gasteiger partial charge in [-0.3, -0.25) is 19.3 Å². The van der Waals surface area contributed by atoms with E-state index < -0.39 is 41.2 Å². The van der Waals surface area contributed by atoms with Crippen LogP contribution in [0.5, 0.6) is 0 Å². The number of thiazole rings is 1. The van der Waals surface area contributed by atoms with Gasteiger partial charge in [-0.15, -0.1) is 0 Å². The predicted molar refractivity (Wildman–Crippen MR) is 126 cm³/mol. The SMILES string of the molecule is CCOC(=O)c1sc(N2C(=O)C(=O)C(C(=O)c3ccc(F)cc3)C2c2cccc(Br)c2)nc1C. The molecule has 2 aromatic carbocycles. The molecule has 0 N–H and O–H groups in total. The molecule has 1 aliphatic heterocycles. The predicted octanol–water partition coefficient (Wildman–Crippen LogP) is 4.69. The lowest BCUT2D eigenvalue weighted by Crippen LogP contribution is -2.30. The van der Waals surface area contributed by atoms with Crippen LogP contribution >= 0.6 is 27.3 Å². The number of nitrogens with zero attached hydrogens (tertiary/aromatic N) is 2. The number of ether oxygens (including phenoxy) is 1. The molecule has 2 heterocycles. The minimum atomic E-state index is -1.37. The van der Waals surface area contributed by atoms with Crippen LogP contribution in [0.1, 0.15) is 44.3 Å². The molecule has 1 fully saturated rings. The van der Waals surface area contributed by atoms with Crippen LogP contribution in [-0.2, 0) is 14.3 Å². The van der Waals surface area contributed by atoms with Crippen molar-refractivity contribution in [2.45, 2.75) is 19.9 Å². The third kappa shape index (κ3) is 4.30. The van der Waals surface area contributed by atoms with Gasteiger partial charge in [0.15, 0.2) is 10.9 Å². The molecular weight excluding hydrogens is 527 g/mol. The highest BCUT2D eigenvalue weighted by Crippen LogP contribution is 2.43. The van der Waals surface area contributed by atoms with Crippen molar-refractivity contribution in [1.29, 1.82) is 0 Å². The standard InChI is InChI=1S/C24H18BrFN2O5S/c1-3-33-23(32)21-12(2)27-24(34-21)28-18(14-5-4-6-15(25)11-14)17(20(30)22(28)31)19(29)13-7-9-16(26)10-8-13/h4-11,17-18H,3H2,1-2H3. The molecule has 0 saturated carbocycles. The number of hydrogen-bond donors (Lipinski definition) is 0. The quantitative estimate of drug-likeness (QED) is 0.193. The lowest BCUT2D eigenvalue weighted by molar-refractivity contribution is -0.135. The molecule has 0 aliphatic carbocycles. The molecule has 2 atom stereocenters. The summed E-state index contributed by atoms with van der Waals surface area (Å²) in [4.78, 5) is 57.8. The summed E-state index contributed by atoms with van der Waals surface area (Å²) in [7, 11) is 0. The van der Waals surface area contributed by atoms with Crippen LogP contribution in [0.2, 0.25) is 0 Å². The largest absolute Gasteiger partial charge is 0.462 e. The number of carbonyl (C=O) groups excluding carboxylic acids is 4. The van der Waals surface area contributed by atoms with Gasteiger partial charge in [-0.25, -0.2) is 14.2 Å². The zero-order valence-electron chi connectivity index (χ0n) is 18.1. The van der Waals surface area contributed by atoms with Crippen molar-refractivity contribution in [3.63, 3.8) is 0 Å². The van der Waals surface area contributed by atoms with E-state index in [1.165, 1.54) is 12.1 Å². The van der Waals surface area contributed by atoms with Crippen molar-refractivity contribution < 1.29 is 28.3 Å². The number of amides is 1. The third-order valence-electron chi connectivity index (χ3n) is 5.36. The van der Waals surface area contributed by atoms with Gasteiger partial charge in [-0.2, -0.15) is 0 Å². The Balaban J connectivity index is 1.84. The van der Waals surface area contributed by atoms with E-state index in [9.17, 15) is 23.6 Å². The Bertz CT molecular complexity index is 1310. The molecule has 1 amide bonds. The van der Waals surface area contributed by atoms with Crippen LogP contribution < -0.4 is 4.90 Å². The van der Waals surface area contributed by atoms with E-state index in [1.807, 2.05) is 0 Å². The zero-order valence-corrected chi connectivity index (χ0v) is 20.5. The van der Waals surface area contributed by atoms with Gasteiger partial charge in [0.1, 0.15) is 16.6 Å². The fourth-order valence-electron chi connectivity index (χ4n) is 3.84. The summed E-state index contributed by atoms with van der Waals surface area (Å²) in [6.07, 6.45) is 0. The molecule has 2 unspecified atom stereocenters. The van der Waals surface area contributed by atoms with E-state index in [-0.39, 0.29) is 22.2 Å². The first-order valence-corrected chi connectivity index (χ1v) is 11.9. The summed E-state index contributed by atoms with van der Waals surface area (Å²) >= 11 is 4.31. The number of carbonyl (C=O) groups is 4. The normalized spacial score (nSPS) is 17.8. The van der Waals surface area contributed by atoms with Crippen LogP contribution in [-0.4, -0.2) is 35.0 Å². The summed E-state index contributed by atoms with van der Waals surface area (Å²) < 4.78 is 19.1. The number of ketones is 2. The number of anilines is 1. The average Bonchev–Trinajstić information content (AvgIpc) is 3.31. The van der Waals surface area contributed by atoms with Gasteiger partial charge >= 0.3 is 5.97 Å². The highest BCUT2D eigenvalue weighted by atomic mass is 79.9. The summed E-state index contributed by atoms with van der Waals surface area (Å²) in [6.45, 7) is 3.44. The molecule has 0 spiro atoms. The highest BCUT2D eigenvalue weighted by molar-refractivity contribution is 9.10. The number of aromatic nitrogens is 1. The van der Waals surface area contributed by atoms with Gasteiger partial charge in [0.2, 0.25) is 5.78 Å². The molecule has 1 saturated heterocycles. The van der Waals surface area contributed by atoms with E-state index >= 15 is 0 Å². The summed E-state index contributed by atoms with van der Waals surface area (Å²) in [5, 5.41) is 0.110. The van der Waals surface area contributed by atoms with Gasteiger partial charge in [0.25, 0.3) is 5.91 Å². The Labute approximate surface area is 206 Å². The molecule has 34 heavy (non-hydrogen) atoms. The average molecular weight is 545 g/mol. The second kappa shape index (κ2) is 9.55. The van der Waals surface area contributed by atoms with Crippen LogP contribution in [0.25, 0.3) is 0 Å². The Kier molecular flexibility index (Phi) is 6.72. The van der Waals surface area contributed by atoms with E-state index in [1.54, 1.807) is 38.1 Å². The van der Waals surface area contributed by atoms with E-state index in [0.717, 1.165) is 28.4 Å². The Morgan fingerprint density at radius 3 is 2.53 bits per heavy atom. The lowest BCUT2D eigenvalue weighted by Gasteiger charge is -2.25. The van der Waals surface area contributed by atoms with E-state index in [2.05, 4.69) is 20.9 Å². The van der Waals surface area contributed by atoms with Gasteiger partial charge in [0.05, 0.1) is 18.3 Å². The second-order valence-corrected chi connectivity index (χ2v) is 9.41. The molecule has 10 heteroatoms. The van der Waals surface area contributed by atoms with Gasteiger partial charge in [0, 0.05) is 10.0 Å². The van der Waals surface area contributed by atoms with Crippen molar-refractivity contribution >= 4 is 55.8 Å². The fraction of sp³-hybridized carbons (Fsp3) is 0.208. The van der Waals surface area contributed by atoms with Gasteiger partial charge in [-0.1, -0.05) is 39.4 Å². The van der Waals surface area contributed by atoms with E-state index in [0.29, 0.717) is 15.7 Å². The molecule has 7 nitrogen and oxygen atoms in total. The molecule has 4 rings (SSSR count). The molecule has 1 aliphatic rings. The highest BCUT2D eigenvalue weighted by Gasteiger charge is 2.53. The number of benzene rings is 2. The lowest BCUT2D eigenvalue weighted by atomic mass is 9.86. The third-order valence-corrected chi connectivity index (χ3v) is 6.99. The van der Waals surface area contributed by atoms with Gasteiger partial charge in [-0.05, 0) is 55.8 Å². The minimum absolute atomic E-state index is 0.108. The summed E-state index contributed by atoms with van der Waals surface area (Å²) in [5.41, 5.74) is 0.983. The molecular formula is C24H18BrFN2O5S. The molecule has 174 valence electrons. The zero-order chi connectivity index (χ0) is 24.6. The molecule has 0 bridgehead atoms. The second-order valence-electron chi connectivity index (χ2n) is 7.52. The van der Waals surface area contributed by atoms with E-state index in [4.69, 9.17) is 4.74 Å². The number of Topliss-reactive ketones (excluding diaryl/α,β-unsaturated/α-hetero) is 2. The van der Waals surface area contributed by atoms with Crippen molar-refractivity contribution in [3.05, 3.63) is 80.5 Å². The molecule has 3 aromatic rings. The van der Waals surface area contributed by atoms with Crippen LogP contribution in [0, 0.1) is 18.7 Å². The summed E-state index contributed by atoms with van der Waals surface area (Å²) in [6, 6.07) is 10.7.